The van der Waals surface area contributed by atoms with Crippen LogP contribution in [0.1, 0.15) is 58.1 Å². The lowest BCUT2D eigenvalue weighted by molar-refractivity contribution is 0.677. The van der Waals surface area contributed by atoms with E-state index in [1.165, 1.54) is 36.9 Å². The molecule has 0 spiro atoms. The van der Waals surface area contributed by atoms with Crippen LogP contribution >= 0.6 is 15.9 Å². The van der Waals surface area contributed by atoms with Gasteiger partial charge in [-0.25, -0.2) is 0 Å². The van der Waals surface area contributed by atoms with Crippen molar-refractivity contribution in [1.29, 1.82) is 0 Å². The summed E-state index contributed by atoms with van der Waals surface area (Å²) in [6, 6.07) is 6.64. The first kappa shape index (κ1) is 16.5. The summed E-state index contributed by atoms with van der Waals surface area (Å²) in [6.45, 7) is 8.78. The topological polar surface area (TPSA) is 29.3 Å². The maximum absolute atomic E-state index is 5.96. The molecule has 0 aromatic heterocycles. The average Bonchev–Trinajstić information content (AvgIpc) is 2.38. The van der Waals surface area contributed by atoms with Gasteiger partial charge in [0.1, 0.15) is 0 Å². The van der Waals surface area contributed by atoms with Crippen molar-refractivity contribution in [3.63, 3.8) is 0 Å². The Kier molecular flexibility index (Phi) is 7.47. The van der Waals surface area contributed by atoms with E-state index < -0.39 is 0 Å². The number of halogens is 1. The Balaban J connectivity index is 2.85. The van der Waals surface area contributed by atoms with Crippen LogP contribution in [0.25, 0.3) is 0 Å². The zero-order chi connectivity index (χ0) is 14.3. The van der Waals surface area contributed by atoms with Gasteiger partial charge in [-0.05, 0) is 37.5 Å². The van der Waals surface area contributed by atoms with Gasteiger partial charge in [0.15, 0.2) is 0 Å². The fourth-order valence-electron chi connectivity index (χ4n) is 2.15. The van der Waals surface area contributed by atoms with Crippen molar-refractivity contribution in [3.8, 4) is 0 Å². The van der Waals surface area contributed by atoms with Crippen molar-refractivity contribution in [1.82, 2.24) is 0 Å². The van der Waals surface area contributed by atoms with Gasteiger partial charge in [-0.2, -0.15) is 0 Å². The third-order valence-corrected chi connectivity index (χ3v) is 4.09. The van der Waals surface area contributed by atoms with Crippen LogP contribution in [0.5, 0.6) is 0 Å². The van der Waals surface area contributed by atoms with Gasteiger partial charge < -0.3 is 10.6 Å². The van der Waals surface area contributed by atoms with Crippen LogP contribution in [-0.4, -0.2) is 13.1 Å². The quantitative estimate of drug-likeness (QED) is 0.738. The molecule has 0 bridgehead atoms. The van der Waals surface area contributed by atoms with Crippen LogP contribution in [0.3, 0.4) is 0 Å². The lowest BCUT2D eigenvalue weighted by Crippen LogP contribution is -2.25. The smallest absolute Gasteiger partial charge is 0.0377 e. The predicted octanol–water partition coefficient (Wildman–Crippen LogP) is 4.88. The van der Waals surface area contributed by atoms with E-state index in [1.54, 1.807) is 0 Å². The highest BCUT2D eigenvalue weighted by Crippen LogP contribution is 2.27. The second kappa shape index (κ2) is 8.60. The maximum Gasteiger partial charge on any atom is 0.0377 e. The summed E-state index contributed by atoms with van der Waals surface area (Å²) in [5, 5.41) is 0. The molecular weight excluding hydrogens is 300 g/mol. The van der Waals surface area contributed by atoms with E-state index >= 15 is 0 Å². The van der Waals surface area contributed by atoms with Crippen molar-refractivity contribution in [2.75, 3.05) is 18.0 Å². The Morgan fingerprint density at radius 1 is 1.16 bits per heavy atom. The number of anilines is 1. The van der Waals surface area contributed by atoms with Gasteiger partial charge in [0.05, 0.1) is 0 Å². The summed E-state index contributed by atoms with van der Waals surface area (Å²) in [4.78, 5) is 2.49. The van der Waals surface area contributed by atoms with E-state index in [-0.39, 0.29) is 6.04 Å². The van der Waals surface area contributed by atoms with Gasteiger partial charge >= 0.3 is 0 Å². The van der Waals surface area contributed by atoms with Crippen LogP contribution in [0.2, 0.25) is 0 Å². The number of hydrogen-bond acceptors (Lipinski definition) is 2. The van der Waals surface area contributed by atoms with Crippen molar-refractivity contribution in [2.45, 2.75) is 52.5 Å². The average molecular weight is 327 g/mol. The number of unbranched alkanes of at least 4 members (excludes halogenated alkanes) is 2. The zero-order valence-corrected chi connectivity index (χ0v) is 14.0. The molecule has 0 heterocycles. The van der Waals surface area contributed by atoms with E-state index in [2.05, 4.69) is 52.9 Å². The third kappa shape index (κ3) is 5.15. The normalized spacial score (nSPS) is 12.5. The van der Waals surface area contributed by atoms with E-state index in [0.717, 1.165) is 17.6 Å². The largest absolute Gasteiger partial charge is 0.372 e. The molecule has 1 rings (SSSR count). The Labute approximate surface area is 126 Å². The number of rotatable bonds is 8. The van der Waals surface area contributed by atoms with Crippen LogP contribution in [-0.2, 0) is 0 Å². The molecule has 2 nitrogen and oxygen atoms in total. The number of hydrogen-bond donors (Lipinski definition) is 1. The minimum atomic E-state index is 0.0724. The molecule has 0 aliphatic carbocycles. The van der Waals surface area contributed by atoms with Crippen molar-refractivity contribution in [3.05, 3.63) is 28.2 Å². The summed E-state index contributed by atoms with van der Waals surface area (Å²) >= 11 is 3.65. The molecule has 1 aromatic carbocycles. The highest BCUT2D eigenvalue weighted by molar-refractivity contribution is 9.10. The van der Waals surface area contributed by atoms with Gasteiger partial charge in [0.25, 0.3) is 0 Å². The van der Waals surface area contributed by atoms with Crippen molar-refractivity contribution < 1.29 is 0 Å². The number of nitrogens with two attached hydrogens (primary N) is 1. The van der Waals surface area contributed by atoms with Crippen LogP contribution in [0.4, 0.5) is 5.69 Å². The van der Waals surface area contributed by atoms with Gasteiger partial charge in [0, 0.05) is 29.3 Å². The Bertz CT molecular complexity index is 369. The minimum Gasteiger partial charge on any atom is -0.372 e. The van der Waals surface area contributed by atoms with Gasteiger partial charge in [-0.15, -0.1) is 0 Å². The van der Waals surface area contributed by atoms with Crippen molar-refractivity contribution >= 4 is 21.6 Å². The number of nitrogens with zero attached hydrogens (tertiary/aromatic N) is 1. The monoisotopic (exact) mass is 326 g/mol. The van der Waals surface area contributed by atoms with Crippen molar-refractivity contribution in [2.24, 2.45) is 5.73 Å². The molecule has 108 valence electrons. The molecule has 0 saturated carbocycles. The molecule has 0 aliphatic rings. The minimum absolute atomic E-state index is 0.0724. The van der Waals surface area contributed by atoms with Crippen LogP contribution < -0.4 is 10.6 Å². The third-order valence-electron chi connectivity index (χ3n) is 3.40. The summed E-state index contributed by atoms with van der Waals surface area (Å²) in [5.41, 5.74) is 8.44. The lowest BCUT2D eigenvalue weighted by atomic mass is 10.1. The lowest BCUT2D eigenvalue weighted by Gasteiger charge is -2.25. The second-order valence-corrected chi connectivity index (χ2v) is 6.04. The molecule has 0 unspecified atom stereocenters. The van der Waals surface area contributed by atoms with E-state index in [9.17, 15) is 0 Å². The molecule has 2 N–H and O–H groups in total. The van der Waals surface area contributed by atoms with Crippen LogP contribution in [0, 0.1) is 0 Å². The first-order chi connectivity index (χ1) is 9.10. The fraction of sp³-hybridized carbons (Fsp3) is 0.625. The van der Waals surface area contributed by atoms with E-state index in [0.29, 0.717) is 0 Å². The highest BCUT2D eigenvalue weighted by Gasteiger charge is 2.10. The fourth-order valence-corrected chi connectivity index (χ4v) is 2.88. The Morgan fingerprint density at radius 3 is 2.16 bits per heavy atom. The summed E-state index contributed by atoms with van der Waals surface area (Å²) in [7, 11) is 0. The molecule has 0 aliphatic heterocycles. The molecular formula is C16H27BrN2. The van der Waals surface area contributed by atoms with Gasteiger partial charge in [0.2, 0.25) is 0 Å². The molecule has 1 aromatic rings. The Morgan fingerprint density at radius 2 is 1.74 bits per heavy atom. The second-order valence-electron chi connectivity index (χ2n) is 5.19. The first-order valence-electron chi connectivity index (χ1n) is 7.40. The molecule has 19 heavy (non-hydrogen) atoms. The molecule has 0 fully saturated rings. The zero-order valence-electron chi connectivity index (χ0n) is 12.5. The SMILES string of the molecule is CCCCN(CCCC)c1ccc([C@@H](C)N)c(Br)c1. The van der Waals surface area contributed by atoms with E-state index in [1.807, 2.05) is 6.92 Å². The molecule has 0 amide bonds. The summed E-state index contributed by atoms with van der Waals surface area (Å²) in [6.07, 6.45) is 4.97. The molecule has 0 radical (unpaired) electrons. The molecule has 1 atom stereocenters. The highest BCUT2D eigenvalue weighted by atomic mass is 79.9. The van der Waals surface area contributed by atoms with Gasteiger partial charge in [-0.1, -0.05) is 48.7 Å². The maximum atomic E-state index is 5.96. The summed E-state index contributed by atoms with van der Waals surface area (Å²) in [5.74, 6) is 0. The summed E-state index contributed by atoms with van der Waals surface area (Å²) < 4.78 is 1.12. The van der Waals surface area contributed by atoms with Crippen LogP contribution in [0.15, 0.2) is 22.7 Å². The van der Waals surface area contributed by atoms with E-state index in [4.69, 9.17) is 5.73 Å². The molecule has 3 heteroatoms. The van der Waals surface area contributed by atoms with Gasteiger partial charge in [-0.3, -0.25) is 0 Å². The predicted molar refractivity (Wildman–Crippen MR) is 88.8 cm³/mol. The Hall–Kier alpha value is -0.540. The molecule has 0 saturated heterocycles. The number of benzene rings is 1. The standard InChI is InChI=1S/C16H27BrN2/c1-4-6-10-19(11-7-5-2)14-8-9-15(13(3)18)16(17)12-14/h8-9,12-13H,4-7,10-11,18H2,1-3H3/t13-/m1/s1. The first-order valence-corrected chi connectivity index (χ1v) is 8.19.